The lowest BCUT2D eigenvalue weighted by Gasteiger charge is -2.48. The number of nitrogens with one attached hydrogen (secondary N) is 1. The number of morpholine rings is 1. The quantitative estimate of drug-likeness (QED) is 0.767. The third kappa shape index (κ3) is 3.32. The van der Waals surface area contributed by atoms with Crippen LogP contribution in [0.5, 0.6) is 0 Å². The minimum absolute atomic E-state index is 0.0706. The Bertz CT molecular complexity index is 897. The normalized spacial score (nSPS) is 24.4. The molecule has 2 unspecified atom stereocenters. The zero-order valence-corrected chi connectivity index (χ0v) is 17.2. The van der Waals surface area contributed by atoms with E-state index in [-0.39, 0.29) is 24.3 Å². The van der Waals surface area contributed by atoms with Crippen molar-refractivity contribution < 1.29 is 23.9 Å². The summed E-state index contributed by atoms with van der Waals surface area (Å²) in [7, 11) is 0. The van der Waals surface area contributed by atoms with Gasteiger partial charge in [-0.15, -0.1) is 0 Å². The molecule has 9 heteroatoms. The lowest BCUT2D eigenvalue weighted by molar-refractivity contribution is -0.139. The first kappa shape index (κ1) is 20.3. The van der Waals surface area contributed by atoms with Crippen molar-refractivity contribution in [3.63, 3.8) is 0 Å². The third-order valence-corrected chi connectivity index (χ3v) is 6.12. The highest BCUT2D eigenvalue weighted by Gasteiger charge is 2.53. The molecule has 0 aliphatic carbocycles. The number of benzene rings is 1. The molecule has 3 aliphatic heterocycles. The molecule has 0 radical (unpaired) electrons. The molecule has 9 nitrogen and oxygen atoms in total. The number of hydrogen-bond acceptors (Lipinski definition) is 5. The molecule has 0 spiro atoms. The van der Waals surface area contributed by atoms with Crippen LogP contribution < -0.4 is 10.2 Å². The second kappa shape index (κ2) is 7.71. The minimum Gasteiger partial charge on any atom is -0.378 e. The maximum Gasteiger partial charge on any atom is 0.258 e. The second-order valence-electron chi connectivity index (χ2n) is 8.08. The number of nitrogens with zero attached hydrogens (tertiary/aromatic N) is 3. The van der Waals surface area contributed by atoms with E-state index in [1.165, 1.54) is 4.90 Å². The number of rotatable bonds is 4. The standard InChI is InChI=1S/C21H26N4O5/c1-14(19(28)23-9-11-30-12-10-23)22-17(26)13-24-20(29)15-5-3-4-6-16(15)25-18(27)7-8-21(24,25)2/h3-6,14H,7-13H2,1-2H3,(H,22,26). The van der Waals surface area contributed by atoms with Gasteiger partial charge in [0.25, 0.3) is 5.91 Å². The zero-order chi connectivity index (χ0) is 21.5. The Morgan fingerprint density at radius 1 is 1.20 bits per heavy atom. The molecular weight excluding hydrogens is 388 g/mol. The van der Waals surface area contributed by atoms with Gasteiger partial charge in [0.2, 0.25) is 17.7 Å². The first-order valence-electron chi connectivity index (χ1n) is 10.2. The van der Waals surface area contributed by atoms with Crippen LogP contribution in [0.3, 0.4) is 0 Å². The number of anilines is 1. The summed E-state index contributed by atoms with van der Waals surface area (Å²) in [4.78, 5) is 55.8. The van der Waals surface area contributed by atoms with Crippen molar-refractivity contribution >= 4 is 29.3 Å². The zero-order valence-electron chi connectivity index (χ0n) is 17.2. The fourth-order valence-corrected chi connectivity index (χ4v) is 4.49. The Hall–Kier alpha value is -2.94. The van der Waals surface area contributed by atoms with Crippen LogP contribution in [-0.4, -0.2) is 78.0 Å². The molecule has 1 aromatic rings. The van der Waals surface area contributed by atoms with Gasteiger partial charge >= 0.3 is 0 Å². The molecule has 0 saturated carbocycles. The summed E-state index contributed by atoms with van der Waals surface area (Å²) in [6.45, 7) is 5.17. The molecule has 4 rings (SSSR count). The first-order chi connectivity index (χ1) is 14.3. The van der Waals surface area contributed by atoms with Gasteiger partial charge in [-0.2, -0.15) is 0 Å². The van der Waals surface area contributed by atoms with Crippen molar-refractivity contribution in [1.82, 2.24) is 15.1 Å². The lowest BCUT2D eigenvalue weighted by Crippen LogP contribution is -2.64. The van der Waals surface area contributed by atoms with Crippen LogP contribution in [0.15, 0.2) is 24.3 Å². The third-order valence-electron chi connectivity index (χ3n) is 6.12. The molecule has 3 aliphatic rings. The van der Waals surface area contributed by atoms with Gasteiger partial charge in [-0.1, -0.05) is 12.1 Å². The number of para-hydroxylation sites is 1. The summed E-state index contributed by atoms with van der Waals surface area (Å²) >= 11 is 0. The van der Waals surface area contributed by atoms with Crippen LogP contribution in [0.2, 0.25) is 0 Å². The number of carbonyl (C=O) groups excluding carboxylic acids is 4. The first-order valence-corrected chi connectivity index (χ1v) is 10.2. The van der Waals surface area contributed by atoms with Gasteiger partial charge in [0.15, 0.2) is 0 Å². The highest BCUT2D eigenvalue weighted by Crippen LogP contribution is 2.43. The molecule has 2 atom stereocenters. The number of fused-ring (bicyclic) bond motifs is 3. The van der Waals surface area contributed by atoms with Crippen molar-refractivity contribution in [1.29, 1.82) is 0 Å². The Morgan fingerprint density at radius 2 is 1.90 bits per heavy atom. The molecule has 2 saturated heterocycles. The molecule has 1 N–H and O–H groups in total. The smallest absolute Gasteiger partial charge is 0.258 e. The Kier molecular flexibility index (Phi) is 5.23. The highest BCUT2D eigenvalue weighted by atomic mass is 16.5. The van der Waals surface area contributed by atoms with Crippen LogP contribution in [0, 0.1) is 0 Å². The predicted octanol–water partition coefficient (Wildman–Crippen LogP) is 0.349. The van der Waals surface area contributed by atoms with Crippen molar-refractivity contribution in [2.75, 3.05) is 37.7 Å². The predicted molar refractivity (Wildman–Crippen MR) is 108 cm³/mol. The van der Waals surface area contributed by atoms with Gasteiger partial charge < -0.3 is 19.9 Å². The van der Waals surface area contributed by atoms with Crippen molar-refractivity contribution in [2.24, 2.45) is 0 Å². The molecular formula is C21H26N4O5. The molecule has 1 aromatic carbocycles. The number of hydrogen-bond donors (Lipinski definition) is 1. The van der Waals surface area contributed by atoms with E-state index in [1.54, 1.807) is 47.9 Å². The molecule has 30 heavy (non-hydrogen) atoms. The SMILES string of the molecule is CC(NC(=O)CN1C(=O)c2ccccc2N2C(=O)CCC12C)C(=O)N1CCOCC1. The van der Waals surface area contributed by atoms with E-state index >= 15 is 0 Å². The molecule has 0 aromatic heterocycles. The van der Waals surface area contributed by atoms with Crippen LogP contribution in [0.4, 0.5) is 5.69 Å². The van der Waals surface area contributed by atoms with Crippen LogP contribution in [0.1, 0.15) is 37.0 Å². The second-order valence-corrected chi connectivity index (χ2v) is 8.08. The number of carbonyl (C=O) groups is 4. The van der Waals surface area contributed by atoms with Crippen molar-refractivity contribution in [3.05, 3.63) is 29.8 Å². The molecule has 160 valence electrons. The average Bonchev–Trinajstić information content (AvgIpc) is 3.06. The topological polar surface area (TPSA) is 99.3 Å². The van der Waals surface area contributed by atoms with E-state index in [2.05, 4.69) is 5.32 Å². The maximum atomic E-state index is 13.2. The monoisotopic (exact) mass is 414 g/mol. The maximum absolute atomic E-state index is 13.2. The summed E-state index contributed by atoms with van der Waals surface area (Å²) in [6.07, 6.45) is 0.754. The largest absolute Gasteiger partial charge is 0.378 e. The van der Waals surface area contributed by atoms with E-state index < -0.39 is 17.6 Å². The van der Waals surface area contributed by atoms with Crippen LogP contribution in [-0.2, 0) is 19.1 Å². The fraction of sp³-hybridized carbons (Fsp3) is 0.524. The Labute approximate surface area is 174 Å². The summed E-state index contributed by atoms with van der Waals surface area (Å²) < 4.78 is 5.25. The van der Waals surface area contributed by atoms with Gasteiger partial charge in [-0.3, -0.25) is 24.1 Å². The number of ether oxygens (including phenoxy) is 1. The highest BCUT2D eigenvalue weighted by molar-refractivity contribution is 6.11. The lowest BCUT2D eigenvalue weighted by atomic mass is 9.98. The van der Waals surface area contributed by atoms with Gasteiger partial charge in [-0.05, 0) is 32.4 Å². The van der Waals surface area contributed by atoms with Gasteiger partial charge in [0.1, 0.15) is 18.2 Å². The molecule has 3 heterocycles. The summed E-state index contributed by atoms with van der Waals surface area (Å²) in [5.41, 5.74) is 0.0765. The molecule has 0 bridgehead atoms. The number of amides is 4. The molecule has 4 amide bonds. The van der Waals surface area contributed by atoms with E-state index in [0.717, 1.165) is 0 Å². The minimum atomic E-state index is -0.905. The van der Waals surface area contributed by atoms with Gasteiger partial charge in [0, 0.05) is 19.5 Å². The Balaban J connectivity index is 1.51. The summed E-state index contributed by atoms with van der Waals surface area (Å²) in [5, 5.41) is 2.71. The average molecular weight is 414 g/mol. The Morgan fingerprint density at radius 3 is 2.63 bits per heavy atom. The van der Waals surface area contributed by atoms with E-state index in [4.69, 9.17) is 4.74 Å². The summed E-state index contributed by atoms with van der Waals surface area (Å²) in [5.74, 6) is -0.969. The van der Waals surface area contributed by atoms with Gasteiger partial charge in [-0.25, -0.2) is 0 Å². The van der Waals surface area contributed by atoms with Crippen molar-refractivity contribution in [3.8, 4) is 0 Å². The van der Waals surface area contributed by atoms with Crippen LogP contribution >= 0.6 is 0 Å². The van der Waals surface area contributed by atoms with E-state index in [0.29, 0.717) is 50.4 Å². The van der Waals surface area contributed by atoms with E-state index in [1.807, 2.05) is 0 Å². The summed E-state index contributed by atoms with van der Waals surface area (Å²) in [6, 6.07) is 6.24. The van der Waals surface area contributed by atoms with E-state index in [9.17, 15) is 19.2 Å². The van der Waals surface area contributed by atoms with Crippen LogP contribution in [0.25, 0.3) is 0 Å². The molecule has 2 fully saturated rings. The van der Waals surface area contributed by atoms with Crippen molar-refractivity contribution in [2.45, 2.75) is 38.4 Å². The van der Waals surface area contributed by atoms with Gasteiger partial charge in [0.05, 0.1) is 24.5 Å². The fourth-order valence-electron chi connectivity index (χ4n) is 4.49.